The van der Waals surface area contributed by atoms with Crippen LogP contribution in [0.25, 0.3) is 11.3 Å². The number of halogens is 1. The summed E-state index contributed by atoms with van der Waals surface area (Å²) < 4.78 is 2.94. The van der Waals surface area contributed by atoms with Gasteiger partial charge in [0.05, 0.1) is 12.2 Å². The van der Waals surface area contributed by atoms with E-state index in [2.05, 4.69) is 98.1 Å². The van der Waals surface area contributed by atoms with Crippen LogP contribution in [0.3, 0.4) is 0 Å². The largest absolute Gasteiger partial charge is 0.347 e. The summed E-state index contributed by atoms with van der Waals surface area (Å²) in [5.41, 5.74) is 13.4. The molecule has 36 heavy (non-hydrogen) atoms. The molecule has 5 rings (SSSR count). The van der Waals surface area contributed by atoms with Crippen LogP contribution in [0, 0.1) is 23.7 Å². The second kappa shape index (κ2) is 9.60. The standard InChI is InChI=1S/C30H37IN4O/c1-19-13-22(9-10-23(19)16-31)26-14-25(34-35(26)18-21-7-5-20(17-32)6-8-21)27(36)33-28-29(2,3)24-11-12-30(28,4)15-24/h5-10,13-14,24,28H,11-12,15-18,32H2,1-4H3,(H,33,36). The Morgan fingerprint density at radius 3 is 2.47 bits per heavy atom. The number of aromatic nitrogens is 2. The highest BCUT2D eigenvalue weighted by Gasteiger charge is 2.59. The summed E-state index contributed by atoms with van der Waals surface area (Å²) in [6.07, 6.45) is 3.66. The quantitative estimate of drug-likeness (QED) is 0.251. The van der Waals surface area contributed by atoms with Crippen molar-refractivity contribution in [2.75, 3.05) is 0 Å². The van der Waals surface area contributed by atoms with Gasteiger partial charge < -0.3 is 11.1 Å². The lowest BCUT2D eigenvalue weighted by Gasteiger charge is -2.42. The summed E-state index contributed by atoms with van der Waals surface area (Å²) in [4.78, 5) is 13.6. The number of benzene rings is 2. The Bertz CT molecular complexity index is 1270. The SMILES string of the molecule is Cc1cc(-c2cc(C(=O)NC3C4(C)CCC(C4)C3(C)C)nn2Cc2ccc(CN)cc2)ccc1CI. The van der Waals surface area contributed by atoms with Crippen LogP contribution >= 0.6 is 22.6 Å². The van der Waals surface area contributed by atoms with Gasteiger partial charge in [-0.3, -0.25) is 9.48 Å². The molecule has 3 atom stereocenters. The van der Waals surface area contributed by atoms with Gasteiger partial charge in [-0.15, -0.1) is 0 Å². The van der Waals surface area contributed by atoms with E-state index in [4.69, 9.17) is 10.8 Å². The maximum atomic E-state index is 13.6. The van der Waals surface area contributed by atoms with Gasteiger partial charge in [-0.2, -0.15) is 5.10 Å². The first-order valence-electron chi connectivity index (χ1n) is 13.0. The van der Waals surface area contributed by atoms with Gasteiger partial charge in [-0.05, 0) is 77.3 Å². The van der Waals surface area contributed by atoms with E-state index >= 15 is 0 Å². The highest BCUT2D eigenvalue weighted by molar-refractivity contribution is 14.1. The summed E-state index contributed by atoms with van der Waals surface area (Å²) in [6, 6.07) is 17.0. The summed E-state index contributed by atoms with van der Waals surface area (Å²) in [5, 5.41) is 8.28. The summed E-state index contributed by atoms with van der Waals surface area (Å²) in [5.74, 6) is 0.609. The van der Waals surface area contributed by atoms with Crippen LogP contribution in [0.2, 0.25) is 0 Å². The van der Waals surface area contributed by atoms with Gasteiger partial charge in [0.1, 0.15) is 0 Å². The normalized spacial score (nSPS) is 24.3. The van der Waals surface area contributed by atoms with Gasteiger partial charge >= 0.3 is 0 Å². The van der Waals surface area contributed by atoms with Gasteiger partial charge in [0.25, 0.3) is 5.91 Å². The van der Waals surface area contributed by atoms with E-state index in [1.807, 2.05) is 10.7 Å². The topological polar surface area (TPSA) is 72.9 Å². The average Bonchev–Trinajstić information content (AvgIpc) is 3.51. The van der Waals surface area contributed by atoms with Crippen molar-refractivity contribution in [1.82, 2.24) is 15.1 Å². The number of nitrogens with two attached hydrogens (primary N) is 1. The second-order valence-electron chi connectivity index (χ2n) is 11.7. The molecule has 0 spiro atoms. The highest BCUT2D eigenvalue weighted by Crippen LogP contribution is 2.62. The van der Waals surface area contributed by atoms with Crippen LogP contribution in [-0.2, 0) is 17.5 Å². The fourth-order valence-corrected chi connectivity index (χ4v) is 7.56. The molecule has 1 aromatic heterocycles. The molecule has 3 unspecified atom stereocenters. The summed E-state index contributed by atoms with van der Waals surface area (Å²) in [7, 11) is 0. The number of rotatable bonds is 7. The molecule has 3 aromatic rings. The zero-order chi connectivity index (χ0) is 25.7. The molecule has 2 saturated carbocycles. The maximum absolute atomic E-state index is 13.6. The number of carbonyl (C=O) groups is 1. The lowest BCUT2D eigenvalue weighted by atomic mass is 9.68. The van der Waals surface area contributed by atoms with E-state index in [1.165, 1.54) is 30.4 Å². The monoisotopic (exact) mass is 596 g/mol. The molecule has 2 bridgehead atoms. The molecule has 1 heterocycles. The zero-order valence-corrected chi connectivity index (χ0v) is 23.9. The fraction of sp³-hybridized carbons (Fsp3) is 0.467. The van der Waals surface area contributed by atoms with Crippen LogP contribution < -0.4 is 11.1 Å². The first kappa shape index (κ1) is 25.5. The average molecular weight is 597 g/mol. The second-order valence-corrected chi connectivity index (χ2v) is 12.5. The highest BCUT2D eigenvalue weighted by atomic mass is 127. The molecular weight excluding hydrogens is 559 g/mol. The van der Waals surface area contributed by atoms with Crippen molar-refractivity contribution in [2.24, 2.45) is 22.5 Å². The van der Waals surface area contributed by atoms with Crippen molar-refractivity contribution in [3.63, 3.8) is 0 Å². The number of nitrogens with zero attached hydrogens (tertiary/aromatic N) is 2. The predicted molar refractivity (Wildman–Crippen MR) is 154 cm³/mol. The maximum Gasteiger partial charge on any atom is 0.272 e. The predicted octanol–water partition coefficient (Wildman–Crippen LogP) is 6.25. The molecule has 2 aliphatic rings. The van der Waals surface area contributed by atoms with Gasteiger partial charge in [-0.1, -0.05) is 79.8 Å². The Balaban J connectivity index is 1.48. The van der Waals surface area contributed by atoms with Crippen LogP contribution in [0.15, 0.2) is 48.5 Å². The van der Waals surface area contributed by atoms with Crippen LogP contribution in [0.1, 0.15) is 72.8 Å². The molecule has 0 aliphatic heterocycles. The number of fused-ring (bicyclic) bond motifs is 2. The van der Waals surface area contributed by atoms with Crippen molar-refractivity contribution in [3.8, 4) is 11.3 Å². The number of hydrogen-bond donors (Lipinski definition) is 2. The summed E-state index contributed by atoms with van der Waals surface area (Å²) >= 11 is 2.40. The van der Waals surface area contributed by atoms with E-state index in [-0.39, 0.29) is 22.8 Å². The van der Waals surface area contributed by atoms with Crippen molar-refractivity contribution >= 4 is 28.5 Å². The third-order valence-electron chi connectivity index (χ3n) is 8.93. The number of aryl methyl sites for hydroxylation is 1. The van der Waals surface area contributed by atoms with Crippen LogP contribution in [-0.4, -0.2) is 21.7 Å². The minimum Gasteiger partial charge on any atom is -0.347 e. The Kier molecular flexibility index (Phi) is 6.79. The lowest BCUT2D eigenvalue weighted by Crippen LogP contribution is -2.52. The molecule has 2 fully saturated rings. The van der Waals surface area contributed by atoms with Crippen molar-refractivity contribution in [1.29, 1.82) is 0 Å². The number of nitrogens with one attached hydrogen (secondary N) is 1. The molecule has 5 nitrogen and oxygen atoms in total. The third kappa shape index (κ3) is 4.51. The van der Waals surface area contributed by atoms with Gasteiger partial charge in [0.2, 0.25) is 0 Å². The number of alkyl halides is 1. The van der Waals surface area contributed by atoms with Gasteiger partial charge in [-0.25, -0.2) is 0 Å². The molecule has 2 aliphatic carbocycles. The Labute approximate surface area is 228 Å². The lowest BCUT2D eigenvalue weighted by molar-refractivity contribution is 0.0732. The minimum absolute atomic E-state index is 0.0686. The number of carbonyl (C=O) groups excluding carboxylic acids is 1. The molecule has 6 heteroatoms. The Morgan fingerprint density at radius 1 is 1.14 bits per heavy atom. The van der Waals surface area contributed by atoms with E-state index in [0.29, 0.717) is 24.7 Å². The minimum atomic E-state index is -0.0686. The van der Waals surface area contributed by atoms with Crippen molar-refractivity contribution < 1.29 is 4.79 Å². The van der Waals surface area contributed by atoms with Crippen molar-refractivity contribution in [3.05, 3.63) is 76.5 Å². The molecule has 0 radical (unpaired) electrons. The Hall–Kier alpha value is -2.19. The Morgan fingerprint density at radius 2 is 1.86 bits per heavy atom. The van der Waals surface area contributed by atoms with E-state index < -0.39 is 0 Å². The molecule has 1 amide bonds. The smallest absolute Gasteiger partial charge is 0.272 e. The molecule has 3 N–H and O–H groups in total. The molecule has 0 saturated heterocycles. The van der Waals surface area contributed by atoms with Gasteiger partial charge in [0, 0.05) is 22.6 Å². The van der Waals surface area contributed by atoms with Crippen LogP contribution in [0.4, 0.5) is 0 Å². The molecular formula is C30H37IN4O. The third-order valence-corrected chi connectivity index (χ3v) is 9.75. The zero-order valence-electron chi connectivity index (χ0n) is 21.8. The first-order chi connectivity index (χ1) is 17.1. The van der Waals surface area contributed by atoms with E-state index in [9.17, 15) is 4.79 Å². The number of amides is 1. The molecule has 190 valence electrons. The van der Waals surface area contributed by atoms with Crippen molar-refractivity contribution in [2.45, 2.75) is 70.5 Å². The van der Waals surface area contributed by atoms with Gasteiger partial charge in [0.15, 0.2) is 5.69 Å². The first-order valence-corrected chi connectivity index (χ1v) is 14.5. The summed E-state index contributed by atoms with van der Waals surface area (Å²) in [6.45, 7) is 10.3. The number of hydrogen-bond acceptors (Lipinski definition) is 3. The van der Waals surface area contributed by atoms with E-state index in [0.717, 1.165) is 26.8 Å². The van der Waals surface area contributed by atoms with E-state index in [1.54, 1.807) is 0 Å². The fourth-order valence-electron chi connectivity index (χ4n) is 6.71. The molecule has 2 aromatic carbocycles. The van der Waals surface area contributed by atoms with Crippen LogP contribution in [0.5, 0.6) is 0 Å².